The van der Waals surface area contributed by atoms with Crippen molar-refractivity contribution in [3.05, 3.63) is 0 Å². The van der Waals surface area contributed by atoms with Gasteiger partial charge in [0, 0.05) is 0 Å². The van der Waals surface area contributed by atoms with Crippen LogP contribution in [0.2, 0.25) is 0 Å². The lowest BCUT2D eigenvalue weighted by Gasteiger charge is -2.22. The van der Waals surface area contributed by atoms with E-state index in [1.807, 2.05) is 0 Å². The maximum absolute atomic E-state index is 12.3. The number of halogens is 4. The van der Waals surface area contributed by atoms with E-state index in [0.29, 0.717) is 0 Å². The fraction of sp³-hybridized carbons (Fsp3) is 1.00. The van der Waals surface area contributed by atoms with E-state index in [-0.39, 0.29) is 0 Å². The Labute approximate surface area is 74.8 Å². The summed E-state index contributed by atoms with van der Waals surface area (Å²) in [5, 5.41) is 5.56. The van der Waals surface area contributed by atoms with Crippen molar-refractivity contribution in [2.75, 3.05) is 6.61 Å². The molecule has 0 aliphatic carbocycles. The molecule has 0 bridgehead atoms. The molecule has 4 nitrogen and oxygen atoms in total. The molecule has 80 valence electrons. The van der Waals surface area contributed by atoms with E-state index in [1.165, 1.54) is 0 Å². The number of hydrogen-bond acceptors (Lipinski definition) is 5. The molecule has 1 N–H and O–H groups in total. The van der Waals surface area contributed by atoms with Crippen LogP contribution in [-0.4, -0.2) is 23.2 Å². The maximum atomic E-state index is 12.3. The fourth-order valence-electron chi connectivity index (χ4n) is 0.372. The van der Waals surface area contributed by atoms with Gasteiger partial charge in [-0.25, -0.2) is 5.26 Å². The second kappa shape index (κ2) is 4.96. The Morgan fingerprint density at radius 3 is 2.23 bits per heavy atom. The third-order valence-corrected chi connectivity index (χ3v) is 1.41. The highest BCUT2D eigenvalue weighted by Gasteiger charge is 2.60. The predicted molar refractivity (Wildman–Crippen MR) is 33.9 cm³/mol. The molecule has 0 aliphatic heterocycles. The van der Waals surface area contributed by atoms with Crippen LogP contribution < -0.4 is 0 Å². The monoisotopic (exact) mass is 226 g/mol. The van der Waals surface area contributed by atoms with E-state index >= 15 is 0 Å². The van der Waals surface area contributed by atoms with Gasteiger partial charge in [0.2, 0.25) is 0 Å². The van der Waals surface area contributed by atoms with Crippen LogP contribution in [-0.2, 0) is 14.1 Å². The van der Waals surface area contributed by atoms with Crippen LogP contribution in [0.1, 0.15) is 6.92 Å². The molecule has 0 fully saturated rings. The normalized spacial score (nSPS) is 13.4. The Balaban J connectivity index is 4.22. The van der Waals surface area contributed by atoms with E-state index in [4.69, 9.17) is 5.26 Å². The van der Waals surface area contributed by atoms with Crippen LogP contribution >= 0.6 is 12.0 Å². The Bertz CT molecular complexity index is 155. The molecule has 0 aromatic heterocycles. The molecule has 0 aromatic carbocycles. The molecule has 9 heteroatoms. The number of rotatable bonds is 6. The summed E-state index contributed by atoms with van der Waals surface area (Å²) in [4.78, 5) is 0. The maximum Gasteiger partial charge on any atom is 0.432 e. The summed E-state index contributed by atoms with van der Waals surface area (Å²) < 4.78 is 56.0. The average molecular weight is 226 g/mol. The smallest absolute Gasteiger partial charge is 0.315 e. The molecular weight excluding hydrogens is 220 g/mol. The molecule has 0 aromatic rings. The molecule has 0 heterocycles. The van der Waals surface area contributed by atoms with Gasteiger partial charge in [0.1, 0.15) is 12.0 Å². The molecule has 0 unspecified atom stereocenters. The summed E-state index contributed by atoms with van der Waals surface area (Å²) in [5.74, 6) is 0. The highest BCUT2D eigenvalue weighted by Crippen LogP contribution is 2.44. The van der Waals surface area contributed by atoms with Gasteiger partial charge in [-0.3, -0.25) is 0 Å². The van der Waals surface area contributed by atoms with Gasteiger partial charge in [-0.1, -0.05) is 5.04 Å². The van der Waals surface area contributed by atoms with Gasteiger partial charge in [-0.15, -0.1) is 4.33 Å². The van der Waals surface area contributed by atoms with Gasteiger partial charge in [-0.2, -0.15) is 17.6 Å². The summed E-state index contributed by atoms with van der Waals surface area (Å²) >= 11 is -1.05. The van der Waals surface area contributed by atoms with Crippen LogP contribution in [0.15, 0.2) is 0 Å². The molecule has 0 saturated heterocycles. The van der Waals surface area contributed by atoms with Crippen LogP contribution in [0.5, 0.6) is 0 Å². The number of ether oxygens (including phenoxy) is 1. The molecule has 0 aliphatic rings. The van der Waals surface area contributed by atoms with E-state index in [2.05, 4.69) is 14.1 Å². The third-order valence-electron chi connectivity index (χ3n) is 0.834. The third kappa shape index (κ3) is 3.65. The quantitative estimate of drug-likeness (QED) is 0.326. The van der Waals surface area contributed by atoms with Crippen molar-refractivity contribution in [3.63, 3.8) is 0 Å². The summed E-state index contributed by atoms with van der Waals surface area (Å²) in [5.41, 5.74) is 0. The molecule has 0 rings (SSSR count). The Morgan fingerprint density at radius 2 is 1.85 bits per heavy atom. The predicted octanol–water partition coefficient (Wildman–Crippen LogP) is 2.28. The number of hydrogen-bond donors (Lipinski definition) is 1. The molecule has 0 spiro atoms. The standard InChI is InChI=1S/C4H6F4O4S/c1-2-10-3(5,6)4(7,8)13-12-11-9/h9H,2H2,1H3. The Kier molecular flexibility index (Phi) is 4.92. The Hall–Kier alpha value is -0.0900. The Morgan fingerprint density at radius 1 is 1.31 bits per heavy atom. The molecule has 0 saturated carbocycles. The van der Waals surface area contributed by atoms with Crippen LogP contribution in [0.3, 0.4) is 0 Å². The zero-order valence-electron chi connectivity index (χ0n) is 6.30. The van der Waals surface area contributed by atoms with Crippen molar-refractivity contribution in [1.82, 2.24) is 0 Å². The average Bonchev–Trinajstić information content (AvgIpc) is 2.00. The van der Waals surface area contributed by atoms with Crippen molar-refractivity contribution in [1.29, 1.82) is 0 Å². The van der Waals surface area contributed by atoms with E-state index < -0.39 is 30.0 Å². The number of alkyl halides is 4. The van der Waals surface area contributed by atoms with Gasteiger partial charge in [0.05, 0.1) is 6.61 Å². The van der Waals surface area contributed by atoms with E-state index in [1.54, 1.807) is 0 Å². The summed E-state index contributed by atoms with van der Waals surface area (Å²) in [6.07, 6.45) is -4.69. The lowest BCUT2D eigenvalue weighted by molar-refractivity contribution is -0.435. The van der Waals surface area contributed by atoms with Crippen LogP contribution in [0, 0.1) is 0 Å². The van der Waals surface area contributed by atoms with Crippen molar-refractivity contribution in [3.8, 4) is 0 Å². The zero-order valence-corrected chi connectivity index (χ0v) is 7.12. The van der Waals surface area contributed by atoms with Crippen molar-refractivity contribution in [2.45, 2.75) is 18.3 Å². The highest BCUT2D eigenvalue weighted by atomic mass is 32.2. The second-order valence-electron chi connectivity index (χ2n) is 1.69. The first-order valence-corrected chi connectivity index (χ1v) is 3.67. The van der Waals surface area contributed by atoms with E-state index in [0.717, 1.165) is 6.92 Å². The second-order valence-corrected chi connectivity index (χ2v) is 2.51. The molecule has 0 atom stereocenters. The lowest BCUT2D eigenvalue weighted by atomic mass is 10.6. The minimum Gasteiger partial charge on any atom is -0.315 e. The van der Waals surface area contributed by atoms with Gasteiger partial charge in [0.15, 0.2) is 0 Å². The first kappa shape index (κ1) is 12.9. The van der Waals surface area contributed by atoms with Crippen LogP contribution in [0.4, 0.5) is 17.6 Å². The van der Waals surface area contributed by atoms with Crippen molar-refractivity contribution in [2.24, 2.45) is 0 Å². The van der Waals surface area contributed by atoms with Crippen molar-refractivity contribution < 1.29 is 36.9 Å². The van der Waals surface area contributed by atoms with E-state index in [9.17, 15) is 17.6 Å². The van der Waals surface area contributed by atoms with Gasteiger partial charge in [-0.05, 0) is 6.92 Å². The molecule has 13 heavy (non-hydrogen) atoms. The molecule has 0 radical (unpaired) electrons. The first-order valence-electron chi connectivity index (χ1n) is 2.93. The minimum absolute atomic E-state index is 0.594. The molecule has 0 amide bonds. The highest BCUT2D eigenvalue weighted by molar-refractivity contribution is 7.95. The first-order chi connectivity index (χ1) is 5.87. The molecular formula is C4H6F4O4S. The SMILES string of the molecule is CCOC(F)(F)C(F)(F)SOOO. The largest absolute Gasteiger partial charge is 0.432 e. The zero-order chi connectivity index (χ0) is 10.5. The van der Waals surface area contributed by atoms with Gasteiger partial charge in [0.25, 0.3) is 0 Å². The van der Waals surface area contributed by atoms with Crippen LogP contribution in [0.25, 0.3) is 0 Å². The summed E-state index contributed by atoms with van der Waals surface area (Å²) in [6.45, 7) is 0.529. The minimum atomic E-state index is -4.69. The lowest BCUT2D eigenvalue weighted by Crippen LogP contribution is -2.40. The van der Waals surface area contributed by atoms with Gasteiger partial charge >= 0.3 is 11.4 Å². The topological polar surface area (TPSA) is 47.9 Å². The fourth-order valence-corrected chi connectivity index (χ4v) is 0.644. The van der Waals surface area contributed by atoms with Crippen molar-refractivity contribution >= 4 is 12.0 Å². The summed E-state index contributed by atoms with van der Waals surface area (Å²) in [7, 11) is 0. The van der Waals surface area contributed by atoms with Gasteiger partial charge < -0.3 is 4.74 Å². The summed E-state index contributed by atoms with van der Waals surface area (Å²) in [6, 6.07) is 0.